The number of nitrogens with zero attached hydrogens (tertiary/aromatic N) is 2. The van der Waals surface area contributed by atoms with Gasteiger partial charge in [-0.05, 0) is 25.0 Å². The summed E-state index contributed by atoms with van der Waals surface area (Å²) in [6, 6.07) is 7.88. The van der Waals surface area contributed by atoms with E-state index in [0.717, 1.165) is 44.0 Å². The van der Waals surface area contributed by atoms with Crippen molar-refractivity contribution < 1.29 is 14.3 Å². The molecule has 1 aromatic rings. The van der Waals surface area contributed by atoms with Crippen LogP contribution in [0.2, 0.25) is 0 Å². The molecule has 1 aromatic carbocycles. The quantitative estimate of drug-likeness (QED) is 0.833. The molecular formula is C20H29N3O3. The standard InChI is InChI=1S/C20H29N3O3/c1-3-23-18(24)14-17(19(23)16-7-5-4-6-15(16)2)20(25)21-8-9-22-10-12-26-13-11-22/h4-7,17,19H,3,8-14H2,1-2H3,(H,21,25)/t17-,19+/m1/s1. The zero-order chi connectivity index (χ0) is 18.5. The molecule has 2 aliphatic heterocycles. The molecule has 0 radical (unpaired) electrons. The van der Waals surface area contributed by atoms with Crippen molar-refractivity contribution in [1.82, 2.24) is 15.1 Å². The summed E-state index contributed by atoms with van der Waals surface area (Å²) in [6.45, 7) is 9.40. The molecule has 3 rings (SSSR count). The van der Waals surface area contributed by atoms with Crippen LogP contribution in [0, 0.1) is 12.8 Å². The predicted molar refractivity (Wildman–Crippen MR) is 99.7 cm³/mol. The van der Waals surface area contributed by atoms with Gasteiger partial charge in [0.1, 0.15) is 0 Å². The highest BCUT2D eigenvalue weighted by atomic mass is 16.5. The lowest BCUT2D eigenvalue weighted by Gasteiger charge is -2.29. The molecule has 2 fully saturated rings. The van der Waals surface area contributed by atoms with Gasteiger partial charge in [-0.3, -0.25) is 14.5 Å². The van der Waals surface area contributed by atoms with Crippen LogP contribution in [0.4, 0.5) is 0 Å². The minimum Gasteiger partial charge on any atom is -0.379 e. The van der Waals surface area contributed by atoms with E-state index in [2.05, 4.69) is 10.2 Å². The number of carbonyl (C=O) groups is 2. The van der Waals surface area contributed by atoms with Gasteiger partial charge < -0.3 is 15.0 Å². The Morgan fingerprint density at radius 1 is 1.27 bits per heavy atom. The second-order valence-corrected chi connectivity index (χ2v) is 7.04. The van der Waals surface area contributed by atoms with E-state index in [9.17, 15) is 9.59 Å². The Morgan fingerprint density at radius 2 is 2.00 bits per heavy atom. The number of carbonyl (C=O) groups excluding carboxylic acids is 2. The Kier molecular flexibility index (Phi) is 6.27. The number of amides is 2. The van der Waals surface area contributed by atoms with Crippen LogP contribution in [-0.4, -0.2) is 67.6 Å². The fraction of sp³-hybridized carbons (Fsp3) is 0.600. The molecule has 0 aliphatic carbocycles. The third-order valence-corrected chi connectivity index (χ3v) is 5.45. The molecule has 6 nitrogen and oxygen atoms in total. The third kappa shape index (κ3) is 4.07. The average molecular weight is 359 g/mol. The van der Waals surface area contributed by atoms with Gasteiger partial charge in [0.05, 0.1) is 25.2 Å². The largest absolute Gasteiger partial charge is 0.379 e. The summed E-state index contributed by atoms with van der Waals surface area (Å²) in [6.07, 6.45) is 0.288. The second-order valence-electron chi connectivity index (χ2n) is 7.04. The highest BCUT2D eigenvalue weighted by molar-refractivity contribution is 5.90. The van der Waals surface area contributed by atoms with Gasteiger partial charge in [-0.15, -0.1) is 0 Å². The topological polar surface area (TPSA) is 61.9 Å². The zero-order valence-corrected chi connectivity index (χ0v) is 15.7. The van der Waals surface area contributed by atoms with E-state index in [4.69, 9.17) is 4.74 Å². The number of nitrogens with one attached hydrogen (secondary N) is 1. The first-order valence-electron chi connectivity index (χ1n) is 9.54. The maximum Gasteiger partial charge on any atom is 0.226 e. The highest BCUT2D eigenvalue weighted by Gasteiger charge is 2.44. The molecule has 1 N–H and O–H groups in total. The van der Waals surface area contributed by atoms with Gasteiger partial charge in [-0.2, -0.15) is 0 Å². The molecular weight excluding hydrogens is 330 g/mol. The molecule has 0 saturated carbocycles. The first-order valence-corrected chi connectivity index (χ1v) is 9.54. The summed E-state index contributed by atoms with van der Waals surface area (Å²) in [5, 5.41) is 3.06. The molecule has 6 heteroatoms. The minimum absolute atomic E-state index is 0.0178. The number of rotatable bonds is 6. The van der Waals surface area contributed by atoms with E-state index >= 15 is 0 Å². The summed E-state index contributed by atoms with van der Waals surface area (Å²) in [4.78, 5) is 29.5. The average Bonchev–Trinajstić information content (AvgIpc) is 2.99. The van der Waals surface area contributed by atoms with Gasteiger partial charge in [0.2, 0.25) is 11.8 Å². The van der Waals surface area contributed by atoms with E-state index in [1.807, 2.05) is 43.0 Å². The fourth-order valence-electron chi connectivity index (χ4n) is 3.99. The number of hydrogen-bond donors (Lipinski definition) is 1. The van der Waals surface area contributed by atoms with Crippen molar-refractivity contribution >= 4 is 11.8 Å². The molecule has 0 unspecified atom stereocenters. The van der Waals surface area contributed by atoms with Gasteiger partial charge in [0.15, 0.2) is 0 Å². The molecule has 2 heterocycles. The van der Waals surface area contributed by atoms with Gasteiger partial charge >= 0.3 is 0 Å². The van der Waals surface area contributed by atoms with E-state index in [-0.39, 0.29) is 30.2 Å². The van der Waals surface area contributed by atoms with Crippen molar-refractivity contribution in [3.63, 3.8) is 0 Å². The Balaban J connectivity index is 1.67. The van der Waals surface area contributed by atoms with Crippen molar-refractivity contribution in [1.29, 1.82) is 0 Å². The third-order valence-electron chi connectivity index (χ3n) is 5.45. The minimum atomic E-state index is -0.326. The molecule has 2 amide bonds. The lowest BCUT2D eigenvalue weighted by molar-refractivity contribution is -0.129. The molecule has 26 heavy (non-hydrogen) atoms. The molecule has 2 atom stereocenters. The van der Waals surface area contributed by atoms with Crippen molar-refractivity contribution in [2.75, 3.05) is 45.9 Å². The van der Waals surface area contributed by atoms with Crippen LogP contribution in [0.25, 0.3) is 0 Å². The monoisotopic (exact) mass is 359 g/mol. The number of benzene rings is 1. The number of ether oxygens (including phenoxy) is 1. The summed E-state index contributed by atoms with van der Waals surface area (Å²) in [5.41, 5.74) is 2.20. The predicted octanol–water partition coefficient (Wildman–Crippen LogP) is 1.35. The number of hydrogen-bond acceptors (Lipinski definition) is 4. The highest BCUT2D eigenvalue weighted by Crippen LogP contribution is 2.39. The summed E-state index contributed by atoms with van der Waals surface area (Å²) in [7, 11) is 0. The Hall–Kier alpha value is -1.92. The molecule has 0 aromatic heterocycles. The summed E-state index contributed by atoms with van der Waals surface area (Å²) >= 11 is 0. The molecule has 2 aliphatic rings. The van der Waals surface area contributed by atoms with Crippen LogP contribution in [0.1, 0.15) is 30.5 Å². The van der Waals surface area contributed by atoms with E-state index < -0.39 is 0 Å². The molecule has 0 bridgehead atoms. The molecule has 2 saturated heterocycles. The lowest BCUT2D eigenvalue weighted by atomic mass is 9.90. The van der Waals surface area contributed by atoms with Crippen LogP contribution in [0.15, 0.2) is 24.3 Å². The van der Waals surface area contributed by atoms with Crippen molar-refractivity contribution in [2.45, 2.75) is 26.3 Å². The Labute approximate surface area is 155 Å². The van der Waals surface area contributed by atoms with Crippen molar-refractivity contribution in [2.24, 2.45) is 5.92 Å². The van der Waals surface area contributed by atoms with Crippen LogP contribution in [-0.2, 0) is 14.3 Å². The zero-order valence-electron chi connectivity index (χ0n) is 15.7. The second kappa shape index (κ2) is 8.64. The van der Waals surface area contributed by atoms with Crippen LogP contribution >= 0.6 is 0 Å². The lowest BCUT2D eigenvalue weighted by Crippen LogP contribution is -2.43. The van der Waals surface area contributed by atoms with Crippen molar-refractivity contribution in [3.8, 4) is 0 Å². The van der Waals surface area contributed by atoms with E-state index in [1.165, 1.54) is 0 Å². The number of likely N-dealkylation sites (tertiary alicyclic amines) is 1. The van der Waals surface area contributed by atoms with Gasteiger partial charge in [-0.1, -0.05) is 24.3 Å². The summed E-state index contributed by atoms with van der Waals surface area (Å²) < 4.78 is 5.35. The Bertz CT molecular complexity index is 643. The normalized spacial score (nSPS) is 24.1. The van der Waals surface area contributed by atoms with Crippen LogP contribution < -0.4 is 5.32 Å². The SMILES string of the molecule is CCN1C(=O)C[C@@H](C(=O)NCCN2CCOCC2)[C@@H]1c1ccccc1C. The smallest absolute Gasteiger partial charge is 0.226 e. The fourth-order valence-corrected chi connectivity index (χ4v) is 3.99. The number of morpholine rings is 1. The van der Waals surface area contributed by atoms with Gasteiger partial charge in [0, 0.05) is 39.1 Å². The summed E-state index contributed by atoms with van der Waals surface area (Å²) in [5.74, 6) is -0.280. The number of aryl methyl sites for hydroxylation is 1. The molecule has 0 spiro atoms. The van der Waals surface area contributed by atoms with E-state index in [1.54, 1.807) is 0 Å². The first kappa shape index (κ1) is 18.9. The molecule has 142 valence electrons. The first-order chi connectivity index (χ1) is 12.6. The Morgan fingerprint density at radius 3 is 2.69 bits per heavy atom. The van der Waals surface area contributed by atoms with E-state index in [0.29, 0.717) is 13.1 Å². The van der Waals surface area contributed by atoms with Gasteiger partial charge in [0.25, 0.3) is 0 Å². The maximum atomic E-state index is 12.9. The van der Waals surface area contributed by atoms with Gasteiger partial charge in [-0.25, -0.2) is 0 Å². The maximum absolute atomic E-state index is 12.9. The van der Waals surface area contributed by atoms with Crippen LogP contribution in [0.3, 0.4) is 0 Å². The van der Waals surface area contributed by atoms with Crippen LogP contribution in [0.5, 0.6) is 0 Å². The van der Waals surface area contributed by atoms with Crippen molar-refractivity contribution in [3.05, 3.63) is 35.4 Å².